The highest BCUT2D eigenvalue weighted by atomic mass is 32.1. The lowest BCUT2D eigenvalue weighted by Crippen LogP contribution is -2.38. The Morgan fingerprint density at radius 3 is 2.81 bits per heavy atom. The molecule has 1 aliphatic heterocycles. The van der Waals surface area contributed by atoms with Crippen LogP contribution in [0.25, 0.3) is 0 Å². The minimum Gasteiger partial charge on any atom is -0.416 e. The van der Waals surface area contributed by atoms with Gasteiger partial charge < -0.3 is 4.74 Å². The van der Waals surface area contributed by atoms with Crippen LogP contribution in [-0.2, 0) is 22.6 Å². The van der Waals surface area contributed by atoms with Gasteiger partial charge in [0.2, 0.25) is 0 Å². The quantitative estimate of drug-likeness (QED) is 0.746. The van der Waals surface area contributed by atoms with Crippen molar-refractivity contribution in [1.29, 1.82) is 0 Å². The van der Waals surface area contributed by atoms with Gasteiger partial charge >= 0.3 is 5.97 Å². The third-order valence-electron chi connectivity index (χ3n) is 4.90. The van der Waals surface area contributed by atoms with Gasteiger partial charge in [0.15, 0.2) is 10.8 Å². The smallest absolute Gasteiger partial charge is 0.308 e. The molecule has 0 amide bonds. The second kappa shape index (κ2) is 6.93. The third-order valence-corrected chi connectivity index (χ3v) is 6.01. The Morgan fingerprint density at radius 2 is 2.12 bits per heavy atom. The molecule has 2 aromatic rings. The second-order valence-corrected chi connectivity index (χ2v) is 8.06. The van der Waals surface area contributed by atoms with E-state index in [0.29, 0.717) is 11.6 Å². The van der Waals surface area contributed by atoms with E-state index in [1.165, 1.54) is 35.3 Å². The SMILES string of the molecule is CC(=O)Oc1cc2c(s1)CCN(C(C(=O)C1CC1)c1cccc(F)c1)C2. The molecule has 1 aromatic carbocycles. The zero-order chi connectivity index (χ0) is 18.3. The Labute approximate surface area is 155 Å². The first-order valence-electron chi connectivity index (χ1n) is 8.84. The van der Waals surface area contributed by atoms with E-state index in [1.807, 2.05) is 12.1 Å². The molecule has 1 unspecified atom stereocenters. The zero-order valence-corrected chi connectivity index (χ0v) is 15.4. The lowest BCUT2D eigenvalue weighted by atomic mass is 9.95. The van der Waals surface area contributed by atoms with Crippen LogP contribution in [0.3, 0.4) is 0 Å². The van der Waals surface area contributed by atoms with E-state index < -0.39 is 6.04 Å². The number of carbonyl (C=O) groups is 2. The van der Waals surface area contributed by atoms with Gasteiger partial charge in [0.1, 0.15) is 5.82 Å². The minimum atomic E-state index is -0.413. The third kappa shape index (κ3) is 3.57. The second-order valence-electron chi connectivity index (χ2n) is 6.96. The molecule has 2 aliphatic rings. The fourth-order valence-corrected chi connectivity index (χ4v) is 4.61. The summed E-state index contributed by atoms with van der Waals surface area (Å²) < 4.78 is 19.0. The van der Waals surface area contributed by atoms with Gasteiger partial charge in [-0.3, -0.25) is 14.5 Å². The van der Waals surface area contributed by atoms with Crippen LogP contribution in [-0.4, -0.2) is 23.2 Å². The topological polar surface area (TPSA) is 46.6 Å². The maximum atomic E-state index is 13.8. The van der Waals surface area contributed by atoms with Crippen LogP contribution in [0.5, 0.6) is 5.06 Å². The summed E-state index contributed by atoms with van der Waals surface area (Å²) in [6.07, 6.45) is 2.66. The fourth-order valence-electron chi connectivity index (χ4n) is 3.56. The Bertz CT molecular complexity index is 858. The van der Waals surface area contributed by atoms with Gasteiger partial charge in [0.25, 0.3) is 0 Å². The van der Waals surface area contributed by atoms with Crippen molar-refractivity contribution in [1.82, 2.24) is 4.90 Å². The van der Waals surface area contributed by atoms with Gasteiger partial charge in [0, 0.05) is 30.8 Å². The molecule has 4 rings (SSSR count). The highest BCUT2D eigenvalue weighted by Gasteiger charge is 2.39. The number of benzene rings is 1. The van der Waals surface area contributed by atoms with Crippen LogP contribution in [0.2, 0.25) is 0 Å². The Balaban J connectivity index is 1.61. The standard InChI is InChI=1S/C20H20FNO3S/c1-12(23)25-18-10-15-11-22(8-7-17(15)26-18)19(20(24)13-5-6-13)14-3-2-4-16(21)9-14/h2-4,9-10,13,19H,5-8,11H2,1H3. The van der Waals surface area contributed by atoms with Gasteiger partial charge in [-0.05, 0) is 48.6 Å². The monoisotopic (exact) mass is 373 g/mol. The summed E-state index contributed by atoms with van der Waals surface area (Å²) in [5.74, 6) is -0.360. The molecule has 0 saturated heterocycles. The van der Waals surface area contributed by atoms with E-state index in [2.05, 4.69) is 4.90 Å². The van der Waals surface area contributed by atoms with Crippen LogP contribution in [0.4, 0.5) is 4.39 Å². The molecule has 1 atom stereocenters. The minimum absolute atomic E-state index is 0.101. The predicted molar refractivity (Wildman–Crippen MR) is 96.6 cm³/mol. The molecule has 0 spiro atoms. The molecule has 2 heterocycles. The average Bonchev–Trinajstić information content (AvgIpc) is 3.35. The molecule has 6 heteroatoms. The highest BCUT2D eigenvalue weighted by Crippen LogP contribution is 2.40. The first-order valence-corrected chi connectivity index (χ1v) is 9.66. The number of ketones is 1. The number of hydrogen-bond acceptors (Lipinski definition) is 5. The number of hydrogen-bond donors (Lipinski definition) is 0. The Kier molecular flexibility index (Phi) is 4.63. The first kappa shape index (κ1) is 17.4. The molecule has 4 nitrogen and oxygen atoms in total. The van der Waals surface area contributed by atoms with Crippen molar-refractivity contribution in [3.05, 3.63) is 52.2 Å². The summed E-state index contributed by atoms with van der Waals surface area (Å²) in [6, 6.07) is 7.85. The van der Waals surface area contributed by atoms with E-state index in [1.54, 1.807) is 6.07 Å². The lowest BCUT2D eigenvalue weighted by Gasteiger charge is -2.34. The molecule has 1 aromatic heterocycles. The molecule has 1 aliphatic carbocycles. The number of fused-ring (bicyclic) bond motifs is 1. The molecule has 26 heavy (non-hydrogen) atoms. The number of halogens is 1. The van der Waals surface area contributed by atoms with Crippen molar-refractivity contribution in [3.8, 4) is 5.06 Å². The van der Waals surface area contributed by atoms with E-state index in [0.717, 1.165) is 36.9 Å². The summed E-state index contributed by atoms with van der Waals surface area (Å²) in [6.45, 7) is 2.72. The van der Waals surface area contributed by atoms with Gasteiger partial charge in [-0.2, -0.15) is 0 Å². The molecule has 0 N–H and O–H groups in total. The zero-order valence-electron chi connectivity index (χ0n) is 14.5. The Hall–Kier alpha value is -2.05. The van der Waals surface area contributed by atoms with Crippen molar-refractivity contribution in [2.75, 3.05) is 6.54 Å². The number of esters is 1. The summed E-state index contributed by atoms with van der Waals surface area (Å²) >= 11 is 1.49. The van der Waals surface area contributed by atoms with Crippen molar-refractivity contribution in [2.24, 2.45) is 5.92 Å². The van der Waals surface area contributed by atoms with Crippen molar-refractivity contribution in [2.45, 2.75) is 38.8 Å². The van der Waals surface area contributed by atoms with E-state index in [9.17, 15) is 14.0 Å². The molecule has 1 saturated carbocycles. The van der Waals surface area contributed by atoms with Gasteiger partial charge in [0.05, 0.1) is 6.04 Å². The van der Waals surface area contributed by atoms with E-state index >= 15 is 0 Å². The maximum absolute atomic E-state index is 13.8. The van der Waals surface area contributed by atoms with Crippen molar-refractivity contribution >= 4 is 23.1 Å². The number of thiophene rings is 1. The molecule has 0 radical (unpaired) electrons. The maximum Gasteiger partial charge on any atom is 0.308 e. The van der Waals surface area contributed by atoms with Crippen molar-refractivity contribution < 1.29 is 18.7 Å². The van der Waals surface area contributed by atoms with Gasteiger partial charge in [-0.1, -0.05) is 12.1 Å². The van der Waals surface area contributed by atoms with E-state index in [-0.39, 0.29) is 23.5 Å². The molecular formula is C20H20FNO3S. The van der Waals surface area contributed by atoms with Gasteiger partial charge in [-0.15, -0.1) is 11.3 Å². The van der Waals surface area contributed by atoms with Gasteiger partial charge in [-0.25, -0.2) is 4.39 Å². The molecule has 0 bridgehead atoms. The lowest BCUT2D eigenvalue weighted by molar-refractivity contribution is -0.131. The summed E-state index contributed by atoms with van der Waals surface area (Å²) in [7, 11) is 0. The largest absolute Gasteiger partial charge is 0.416 e. The summed E-state index contributed by atoms with van der Waals surface area (Å²) in [5, 5.41) is 0.597. The van der Waals surface area contributed by atoms with Crippen LogP contribution < -0.4 is 4.74 Å². The number of rotatable bonds is 5. The highest BCUT2D eigenvalue weighted by molar-refractivity contribution is 7.14. The first-order chi connectivity index (χ1) is 12.5. The summed E-state index contributed by atoms with van der Waals surface area (Å²) in [5.41, 5.74) is 1.81. The van der Waals surface area contributed by atoms with E-state index in [4.69, 9.17) is 4.74 Å². The number of ether oxygens (including phenoxy) is 1. The Morgan fingerprint density at radius 1 is 1.31 bits per heavy atom. The molecule has 136 valence electrons. The van der Waals surface area contributed by atoms with Crippen LogP contribution in [0.15, 0.2) is 30.3 Å². The van der Waals surface area contributed by atoms with Crippen LogP contribution in [0.1, 0.15) is 41.8 Å². The molecular weight excluding hydrogens is 353 g/mol. The van der Waals surface area contributed by atoms with Crippen molar-refractivity contribution in [3.63, 3.8) is 0 Å². The average molecular weight is 373 g/mol. The molecule has 1 fully saturated rings. The fraction of sp³-hybridized carbons (Fsp3) is 0.400. The summed E-state index contributed by atoms with van der Waals surface area (Å²) in [4.78, 5) is 27.4. The van der Waals surface area contributed by atoms with Crippen LogP contribution >= 0.6 is 11.3 Å². The number of nitrogens with zero attached hydrogens (tertiary/aromatic N) is 1. The number of Topliss-reactive ketones (excluding diaryl/α,β-unsaturated/α-hetero) is 1. The number of carbonyl (C=O) groups excluding carboxylic acids is 2. The predicted octanol–water partition coefficient (Wildman–Crippen LogP) is 3.89. The normalized spacial score (nSPS) is 18.2. The van der Waals surface area contributed by atoms with Crippen LogP contribution in [0, 0.1) is 11.7 Å².